The van der Waals surface area contributed by atoms with E-state index in [1.54, 1.807) is 0 Å². The smallest absolute Gasteiger partial charge is 0.270 e. The number of hydrogen-bond acceptors (Lipinski definition) is 5. The minimum atomic E-state index is -0.515. The second kappa shape index (κ2) is 5.34. The molecule has 0 aliphatic carbocycles. The molecule has 0 aliphatic heterocycles. The van der Waals surface area contributed by atoms with Crippen LogP contribution in [0.25, 0.3) is 22.9 Å². The first-order chi connectivity index (χ1) is 10.1. The zero-order valence-electron chi connectivity index (χ0n) is 10.6. The first kappa shape index (κ1) is 13.3. The standard InChI is InChI=1S/C14H8ClN3O3/c15-12-8-10(18(19)20)6-7-11(12)14-17-16-13(21-14)9-4-2-1-3-5-9/h1-8H. The van der Waals surface area contributed by atoms with Crippen molar-refractivity contribution in [2.75, 3.05) is 0 Å². The highest BCUT2D eigenvalue weighted by molar-refractivity contribution is 6.33. The summed E-state index contributed by atoms with van der Waals surface area (Å²) in [6, 6.07) is 13.4. The minimum Gasteiger partial charge on any atom is -0.416 e. The Kier molecular flexibility index (Phi) is 3.37. The van der Waals surface area contributed by atoms with Gasteiger partial charge in [-0.3, -0.25) is 10.1 Å². The van der Waals surface area contributed by atoms with Gasteiger partial charge in [-0.2, -0.15) is 0 Å². The lowest BCUT2D eigenvalue weighted by Gasteiger charge is -1.98. The number of hydrogen-bond donors (Lipinski definition) is 0. The maximum absolute atomic E-state index is 10.7. The van der Waals surface area contributed by atoms with Crippen LogP contribution in [0.2, 0.25) is 5.02 Å². The van der Waals surface area contributed by atoms with Crippen LogP contribution in [0.1, 0.15) is 0 Å². The Morgan fingerprint density at radius 1 is 1.05 bits per heavy atom. The third-order valence-corrected chi connectivity index (χ3v) is 3.15. The monoisotopic (exact) mass is 301 g/mol. The van der Waals surface area contributed by atoms with Crippen molar-refractivity contribution in [1.29, 1.82) is 0 Å². The summed E-state index contributed by atoms with van der Waals surface area (Å²) in [6.07, 6.45) is 0. The Hall–Kier alpha value is -2.73. The summed E-state index contributed by atoms with van der Waals surface area (Å²) in [5.41, 5.74) is 1.15. The second-order valence-corrected chi connectivity index (χ2v) is 4.61. The molecule has 2 aromatic carbocycles. The lowest BCUT2D eigenvalue weighted by atomic mass is 10.2. The van der Waals surface area contributed by atoms with Gasteiger partial charge >= 0.3 is 0 Å². The van der Waals surface area contributed by atoms with Gasteiger partial charge in [0.15, 0.2) is 0 Å². The number of halogens is 1. The molecule has 104 valence electrons. The SMILES string of the molecule is O=[N+]([O-])c1ccc(-c2nnc(-c3ccccc3)o2)c(Cl)c1. The lowest BCUT2D eigenvalue weighted by Crippen LogP contribution is -1.88. The van der Waals surface area contributed by atoms with E-state index in [1.807, 2.05) is 30.3 Å². The number of rotatable bonds is 3. The predicted octanol–water partition coefficient (Wildman–Crippen LogP) is 3.97. The topological polar surface area (TPSA) is 82.1 Å². The molecule has 0 spiro atoms. The van der Waals surface area contributed by atoms with Gasteiger partial charge in [-0.15, -0.1) is 10.2 Å². The normalized spacial score (nSPS) is 10.5. The molecule has 0 saturated carbocycles. The lowest BCUT2D eigenvalue weighted by molar-refractivity contribution is -0.384. The van der Waals surface area contributed by atoms with Gasteiger partial charge in [0.1, 0.15) is 0 Å². The van der Waals surface area contributed by atoms with Crippen molar-refractivity contribution in [3.8, 4) is 22.9 Å². The maximum atomic E-state index is 10.7. The zero-order valence-corrected chi connectivity index (χ0v) is 11.3. The van der Waals surface area contributed by atoms with Crippen LogP contribution in [-0.2, 0) is 0 Å². The van der Waals surface area contributed by atoms with Gasteiger partial charge in [0.25, 0.3) is 5.69 Å². The average molecular weight is 302 g/mol. The van der Waals surface area contributed by atoms with Crippen molar-refractivity contribution >= 4 is 17.3 Å². The first-order valence-corrected chi connectivity index (χ1v) is 6.36. The summed E-state index contributed by atoms with van der Waals surface area (Å²) in [5, 5.41) is 18.8. The van der Waals surface area contributed by atoms with Gasteiger partial charge in [0, 0.05) is 17.7 Å². The van der Waals surface area contributed by atoms with Gasteiger partial charge in [0.05, 0.1) is 15.5 Å². The Morgan fingerprint density at radius 3 is 2.43 bits per heavy atom. The van der Waals surface area contributed by atoms with E-state index in [4.69, 9.17) is 16.0 Å². The number of nitro benzene ring substituents is 1. The Bertz CT molecular complexity index is 802. The molecule has 0 N–H and O–H groups in total. The van der Waals surface area contributed by atoms with Gasteiger partial charge in [-0.05, 0) is 18.2 Å². The van der Waals surface area contributed by atoms with E-state index in [1.165, 1.54) is 18.2 Å². The predicted molar refractivity (Wildman–Crippen MR) is 76.8 cm³/mol. The highest BCUT2D eigenvalue weighted by atomic mass is 35.5. The van der Waals surface area contributed by atoms with Gasteiger partial charge < -0.3 is 4.42 Å². The first-order valence-electron chi connectivity index (χ1n) is 5.98. The highest BCUT2D eigenvalue weighted by Gasteiger charge is 2.16. The number of aromatic nitrogens is 2. The molecule has 6 nitrogen and oxygen atoms in total. The van der Waals surface area contributed by atoms with Crippen molar-refractivity contribution in [3.63, 3.8) is 0 Å². The minimum absolute atomic E-state index is 0.0912. The number of nitro groups is 1. The summed E-state index contributed by atoms with van der Waals surface area (Å²) in [5.74, 6) is 0.578. The summed E-state index contributed by atoms with van der Waals surface area (Å²) >= 11 is 6.03. The molecule has 0 atom stereocenters. The fourth-order valence-corrected chi connectivity index (χ4v) is 2.08. The molecule has 1 aromatic heterocycles. The van der Waals surface area contributed by atoms with E-state index in [0.717, 1.165) is 5.56 Å². The second-order valence-electron chi connectivity index (χ2n) is 4.20. The molecule has 0 bridgehead atoms. The summed E-state index contributed by atoms with van der Waals surface area (Å²) in [6.45, 7) is 0. The molecule has 3 rings (SSSR count). The Balaban J connectivity index is 1.99. The molecular formula is C14H8ClN3O3. The molecule has 0 unspecified atom stereocenters. The molecule has 21 heavy (non-hydrogen) atoms. The molecule has 1 heterocycles. The summed E-state index contributed by atoms with van der Waals surface area (Å²) < 4.78 is 5.56. The third-order valence-electron chi connectivity index (χ3n) is 2.84. The van der Waals surface area contributed by atoms with Crippen LogP contribution in [0.4, 0.5) is 5.69 Å². The van der Waals surface area contributed by atoms with Gasteiger partial charge in [-0.25, -0.2) is 0 Å². The number of non-ortho nitro benzene ring substituents is 1. The van der Waals surface area contributed by atoms with Crippen LogP contribution < -0.4 is 0 Å². The fraction of sp³-hybridized carbons (Fsp3) is 0. The van der Waals surface area contributed by atoms with E-state index in [0.29, 0.717) is 11.5 Å². The summed E-state index contributed by atoms with van der Waals surface area (Å²) in [4.78, 5) is 10.2. The van der Waals surface area contributed by atoms with E-state index in [2.05, 4.69) is 10.2 Å². The zero-order chi connectivity index (χ0) is 14.8. The van der Waals surface area contributed by atoms with E-state index < -0.39 is 4.92 Å². The van der Waals surface area contributed by atoms with Crippen LogP contribution >= 0.6 is 11.6 Å². The van der Waals surface area contributed by atoms with E-state index in [-0.39, 0.29) is 16.6 Å². The Labute approximate surface area is 124 Å². The van der Waals surface area contributed by atoms with Crippen LogP contribution in [0.5, 0.6) is 0 Å². The van der Waals surface area contributed by atoms with Crippen LogP contribution in [0.3, 0.4) is 0 Å². The number of nitrogens with zero attached hydrogens (tertiary/aromatic N) is 3. The highest BCUT2D eigenvalue weighted by Crippen LogP contribution is 2.31. The molecular weight excluding hydrogens is 294 g/mol. The molecule has 0 aliphatic rings. The third kappa shape index (κ3) is 2.61. The molecule has 0 saturated heterocycles. The molecule has 7 heteroatoms. The maximum Gasteiger partial charge on any atom is 0.270 e. The quantitative estimate of drug-likeness (QED) is 0.540. The van der Waals surface area contributed by atoms with E-state index >= 15 is 0 Å². The van der Waals surface area contributed by atoms with Gasteiger partial charge in [-0.1, -0.05) is 29.8 Å². The van der Waals surface area contributed by atoms with E-state index in [9.17, 15) is 10.1 Å². The molecule has 3 aromatic rings. The summed E-state index contributed by atoms with van der Waals surface area (Å²) in [7, 11) is 0. The molecule has 0 amide bonds. The van der Waals surface area contributed by atoms with Crippen LogP contribution in [0, 0.1) is 10.1 Å². The fourth-order valence-electron chi connectivity index (χ4n) is 1.82. The van der Waals surface area contributed by atoms with Crippen molar-refractivity contribution < 1.29 is 9.34 Å². The molecule has 0 radical (unpaired) electrons. The van der Waals surface area contributed by atoms with Crippen LogP contribution in [0.15, 0.2) is 52.9 Å². The van der Waals surface area contributed by atoms with Crippen molar-refractivity contribution in [3.05, 3.63) is 63.7 Å². The van der Waals surface area contributed by atoms with Crippen LogP contribution in [-0.4, -0.2) is 15.1 Å². The average Bonchev–Trinajstić information content (AvgIpc) is 2.97. The van der Waals surface area contributed by atoms with Crippen molar-refractivity contribution in [2.45, 2.75) is 0 Å². The van der Waals surface area contributed by atoms with Crippen molar-refractivity contribution in [1.82, 2.24) is 10.2 Å². The Morgan fingerprint density at radius 2 is 1.76 bits per heavy atom. The molecule has 0 fully saturated rings. The largest absolute Gasteiger partial charge is 0.416 e. The van der Waals surface area contributed by atoms with Gasteiger partial charge in [0.2, 0.25) is 11.8 Å². The van der Waals surface area contributed by atoms with Crippen molar-refractivity contribution in [2.24, 2.45) is 0 Å². The number of benzene rings is 2.